The van der Waals surface area contributed by atoms with Gasteiger partial charge in [0.25, 0.3) is 5.69 Å². The highest BCUT2D eigenvalue weighted by Crippen LogP contribution is 2.47. The highest BCUT2D eigenvalue weighted by molar-refractivity contribution is 9.10. The minimum atomic E-state index is -0.523. The van der Waals surface area contributed by atoms with Gasteiger partial charge >= 0.3 is 5.97 Å². The number of rotatable bonds is 5. The molecule has 0 spiro atoms. The minimum absolute atomic E-state index is 0.0103. The first-order valence-corrected chi connectivity index (χ1v) is 6.54. The molecule has 1 fully saturated rings. The van der Waals surface area contributed by atoms with E-state index in [1.165, 1.54) is 13.2 Å². The lowest BCUT2D eigenvalue weighted by Gasteiger charge is -2.14. The van der Waals surface area contributed by atoms with Gasteiger partial charge in [-0.15, -0.1) is 0 Å². The van der Waals surface area contributed by atoms with E-state index in [1.807, 2.05) is 0 Å². The van der Waals surface area contributed by atoms with Gasteiger partial charge in [-0.1, -0.05) is 15.9 Å². The molecule has 1 aromatic rings. The third-order valence-electron chi connectivity index (χ3n) is 3.24. The molecule has 0 atom stereocenters. The Morgan fingerprint density at radius 3 is 2.79 bits per heavy atom. The van der Waals surface area contributed by atoms with Crippen LogP contribution >= 0.6 is 15.9 Å². The van der Waals surface area contributed by atoms with Gasteiger partial charge < -0.3 is 10.1 Å². The fourth-order valence-electron chi connectivity index (χ4n) is 1.89. The summed E-state index contributed by atoms with van der Waals surface area (Å²) in [4.78, 5) is 22.1. The van der Waals surface area contributed by atoms with Gasteiger partial charge in [0.05, 0.1) is 17.4 Å². The average molecular weight is 329 g/mol. The van der Waals surface area contributed by atoms with E-state index in [1.54, 1.807) is 12.1 Å². The Balaban J connectivity index is 2.13. The van der Waals surface area contributed by atoms with E-state index in [2.05, 4.69) is 21.2 Å². The highest BCUT2D eigenvalue weighted by atomic mass is 79.9. The van der Waals surface area contributed by atoms with Crippen molar-refractivity contribution in [2.75, 3.05) is 19.0 Å². The van der Waals surface area contributed by atoms with Crippen molar-refractivity contribution in [3.8, 4) is 0 Å². The van der Waals surface area contributed by atoms with Gasteiger partial charge in [-0.05, 0) is 25.0 Å². The van der Waals surface area contributed by atoms with Gasteiger partial charge in [0, 0.05) is 17.1 Å². The van der Waals surface area contributed by atoms with E-state index < -0.39 is 10.3 Å². The molecule has 0 saturated heterocycles. The zero-order valence-electron chi connectivity index (χ0n) is 10.3. The standard InChI is InChI=1S/C12H13BrN2O4/c1-19-11(16)12(4-5-12)7-14-9-6-8(13)2-3-10(9)15(17)18/h2-3,6,14H,4-5,7H2,1H3. The maximum absolute atomic E-state index is 11.6. The molecule has 1 saturated carbocycles. The van der Waals surface area contributed by atoms with E-state index in [-0.39, 0.29) is 11.7 Å². The Hall–Kier alpha value is -1.63. The number of benzene rings is 1. The van der Waals surface area contributed by atoms with Crippen molar-refractivity contribution in [1.82, 2.24) is 0 Å². The fourth-order valence-corrected chi connectivity index (χ4v) is 2.26. The molecule has 7 heteroatoms. The zero-order valence-corrected chi connectivity index (χ0v) is 11.9. The number of nitro benzene ring substituents is 1. The molecule has 0 heterocycles. The smallest absolute Gasteiger partial charge is 0.313 e. The molecule has 102 valence electrons. The summed E-state index contributed by atoms with van der Waals surface area (Å²) in [6, 6.07) is 4.66. The molecule has 19 heavy (non-hydrogen) atoms. The van der Waals surface area contributed by atoms with Crippen LogP contribution in [0.15, 0.2) is 22.7 Å². The van der Waals surface area contributed by atoms with Gasteiger partial charge in [-0.25, -0.2) is 0 Å². The Labute approximate surface area is 118 Å². The molecule has 0 bridgehead atoms. The fraction of sp³-hybridized carbons (Fsp3) is 0.417. The molecule has 0 aliphatic heterocycles. The van der Waals surface area contributed by atoms with Gasteiger partial charge in [0.1, 0.15) is 5.69 Å². The number of halogens is 1. The number of hydrogen-bond acceptors (Lipinski definition) is 5. The number of ether oxygens (including phenoxy) is 1. The summed E-state index contributed by atoms with van der Waals surface area (Å²) >= 11 is 3.27. The Morgan fingerprint density at radius 2 is 2.26 bits per heavy atom. The normalized spacial score (nSPS) is 15.7. The summed E-state index contributed by atoms with van der Waals surface area (Å²) in [6.07, 6.45) is 1.49. The summed E-state index contributed by atoms with van der Waals surface area (Å²) in [7, 11) is 1.35. The summed E-state index contributed by atoms with van der Waals surface area (Å²) < 4.78 is 5.48. The van der Waals surface area contributed by atoms with Crippen molar-refractivity contribution in [1.29, 1.82) is 0 Å². The van der Waals surface area contributed by atoms with Crippen molar-refractivity contribution in [3.05, 3.63) is 32.8 Å². The number of nitrogens with one attached hydrogen (secondary N) is 1. The third kappa shape index (κ3) is 2.86. The monoisotopic (exact) mass is 328 g/mol. The van der Waals surface area contributed by atoms with Crippen LogP contribution in [-0.4, -0.2) is 24.5 Å². The highest BCUT2D eigenvalue weighted by Gasteiger charge is 2.51. The summed E-state index contributed by atoms with van der Waals surface area (Å²) in [5.41, 5.74) is -0.135. The molecule has 1 N–H and O–H groups in total. The van der Waals surface area contributed by atoms with Gasteiger partial charge in [-0.2, -0.15) is 0 Å². The second kappa shape index (κ2) is 5.16. The molecule has 0 aromatic heterocycles. The van der Waals surface area contributed by atoms with Gasteiger partial charge in [0.15, 0.2) is 0 Å². The third-order valence-corrected chi connectivity index (χ3v) is 3.74. The molecular weight excluding hydrogens is 316 g/mol. The Morgan fingerprint density at radius 1 is 1.58 bits per heavy atom. The maximum Gasteiger partial charge on any atom is 0.313 e. The Kier molecular flexibility index (Phi) is 3.75. The van der Waals surface area contributed by atoms with Crippen molar-refractivity contribution in [2.24, 2.45) is 5.41 Å². The first kappa shape index (κ1) is 13.8. The molecule has 2 rings (SSSR count). The van der Waals surface area contributed by atoms with E-state index in [0.717, 1.165) is 17.3 Å². The predicted molar refractivity (Wildman–Crippen MR) is 73.0 cm³/mol. The van der Waals surface area contributed by atoms with E-state index in [0.29, 0.717) is 12.2 Å². The van der Waals surface area contributed by atoms with Crippen LogP contribution in [-0.2, 0) is 9.53 Å². The van der Waals surface area contributed by atoms with Crippen LogP contribution in [0.5, 0.6) is 0 Å². The second-order valence-electron chi connectivity index (χ2n) is 4.54. The molecule has 1 aliphatic carbocycles. The molecule has 1 aromatic carbocycles. The number of nitro groups is 1. The number of carbonyl (C=O) groups is 1. The van der Waals surface area contributed by atoms with Crippen molar-refractivity contribution >= 4 is 33.3 Å². The maximum atomic E-state index is 11.6. The topological polar surface area (TPSA) is 81.5 Å². The van der Waals surface area contributed by atoms with Crippen molar-refractivity contribution < 1.29 is 14.5 Å². The van der Waals surface area contributed by atoms with Gasteiger partial charge in [0.2, 0.25) is 0 Å². The van der Waals surface area contributed by atoms with Gasteiger partial charge in [-0.3, -0.25) is 14.9 Å². The molecule has 0 unspecified atom stereocenters. The second-order valence-corrected chi connectivity index (χ2v) is 5.46. The summed E-state index contributed by atoms with van der Waals surface area (Å²) in [6.45, 7) is 0.344. The number of nitrogens with zero attached hydrogens (tertiary/aromatic N) is 1. The first-order valence-electron chi connectivity index (χ1n) is 5.75. The first-order chi connectivity index (χ1) is 8.98. The predicted octanol–water partition coefficient (Wildman–Crippen LogP) is 2.72. The van der Waals surface area contributed by atoms with Crippen molar-refractivity contribution in [2.45, 2.75) is 12.8 Å². The van der Waals surface area contributed by atoms with Crippen LogP contribution in [0, 0.1) is 15.5 Å². The van der Waals surface area contributed by atoms with Crippen LogP contribution in [0.1, 0.15) is 12.8 Å². The lowest BCUT2D eigenvalue weighted by Crippen LogP contribution is -2.26. The van der Waals surface area contributed by atoms with Crippen molar-refractivity contribution in [3.63, 3.8) is 0 Å². The average Bonchev–Trinajstić information content (AvgIpc) is 3.16. The summed E-state index contributed by atoms with van der Waals surface area (Å²) in [5.74, 6) is -0.266. The summed E-state index contributed by atoms with van der Waals surface area (Å²) in [5, 5.41) is 13.9. The van der Waals surface area contributed by atoms with E-state index >= 15 is 0 Å². The van der Waals surface area contributed by atoms with Crippen LogP contribution in [0.2, 0.25) is 0 Å². The number of carbonyl (C=O) groups excluding carboxylic acids is 1. The lowest BCUT2D eigenvalue weighted by molar-refractivity contribution is -0.384. The molecule has 6 nitrogen and oxygen atoms in total. The van der Waals surface area contributed by atoms with E-state index in [4.69, 9.17) is 4.74 Å². The van der Waals surface area contributed by atoms with Crippen LogP contribution in [0.25, 0.3) is 0 Å². The quantitative estimate of drug-likeness (QED) is 0.510. The number of esters is 1. The number of anilines is 1. The SMILES string of the molecule is COC(=O)C1(CNc2cc(Br)ccc2[N+](=O)[O-])CC1. The lowest BCUT2D eigenvalue weighted by atomic mass is 10.1. The molecule has 0 amide bonds. The van der Waals surface area contributed by atoms with Crippen LogP contribution in [0.4, 0.5) is 11.4 Å². The number of methoxy groups -OCH3 is 1. The molecule has 0 radical (unpaired) electrons. The zero-order chi connectivity index (χ0) is 14.0. The number of hydrogen-bond donors (Lipinski definition) is 1. The Bertz CT molecular complexity index is 528. The molecule has 1 aliphatic rings. The van der Waals surface area contributed by atoms with E-state index in [9.17, 15) is 14.9 Å². The molecular formula is C12H13BrN2O4. The van der Waals surface area contributed by atoms with Crippen LogP contribution < -0.4 is 5.32 Å². The largest absolute Gasteiger partial charge is 0.469 e. The van der Waals surface area contributed by atoms with Crippen LogP contribution in [0.3, 0.4) is 0 Å². The minimum Gasteiger partial charge on any atom is -0.469 e.